The fourth-order valence-corrected chi connectivity index (χ4v) is 5.73. The van der Waals surface area contributed by atoms with E-state index in [2.05, 4.69) is 5.32 Å². The number of rotatable bonds is 9. The first-order chi connectivity index (χ1) is 17.6. The molecular weight excluding hydrogens is 486 g/mol. The summed E-state index contributed by atoms with van der Waals surface area (Å²) < 4.78 is 26.7. The summed E-state index contributed by atoms with van der Waals surface area (Å²) in [5, 5.41) is 2.97. The third-order valence-electron chi connectivity index (χ3n) is 6.72. The van der Waals surface area contributed by atoms with Gasteiger partial charge in [0, 0.05) is 31.6 Å². The summed E-state index contributed by atoms with van der Waals surface area (Å²) >= 11 is 0. The van der Waals surface area contributed by atoms with E-state index in [0.29, 0.717) is 30.8 Å². The van der Waals surface area contributed by atoms with E-state index in [-0.39, 0.29) is 18.4 Å². The minimum atomic E-state index is -3.51. The van der Waals surface area contributed by atoms with Gasteiger partial charge in [0.15, 0.2) is 0 Å². The number of nitrogens with one attached hydrogen (secondary N) is 1. The summed E-state index contributed by atoms with van der Waals surface area (Å²) in [4.78, 5) is 26.7. The van der Waals surface area contributed by atoms with Crippen LogP contribution in [0.2, 0.25) is 0 Å². The van der Waals surface area contributed by atoms with E-state index in [1.54, 1.807) is 24.3 Å². The summed E-state index contributed by atoms with van der Waals surface area (Å²) in [6, 6.07) is 20.5. The summed E-state index contributed by atoms with van der Waals surface area (Å²) in [7, 11) is -3.51. The summed E-state index contributed by atoms with van der Waals surface area (Å²) in [5.41, 5.74) is 5.73. The van der Waals surface area contributed by atoms with Crippen molar-refractivity contribution in [3.63, 3.8) is 0 Å². The van der Waals surface area contributed by atoms with Crippen LogP contribution in [0.5, 0.6) is 0 Å². The van der Waals surface area contributed by atoms with Crippen LogP contribution in [-0.4, -0.2) is 37.9 Å². The number of sulfonamides is 1. The van der Waals surface area contributed by atoms with Crippen LogP contribution in [0.1, 0.15) is 51.0 Å². The Kier molecular flexibility index (Phi) is 7.97. The molecule has 7 nitrogen and oxygen atoms in total. The minimum absolute atomic E-state index is 0.172. The SMILES string of the molecule is Cc1cccc(C)c1N(Cc1ccc(C(=O)NCc2ccccc2CN2CCCC2=O)cc1)S(C)(=O)=O. The minimum Gasteiger partial charge on any atom is -0.348 e. The van der Waals surface area contributed by atoms with Crippen molar-refractivity contribution in [1.82, 2.24) is 10.2 Å². The Morgan fingerprint density at radius 2 is 1.59 bits per heavy atom. The zero-order valence-corrected chi connectivity index (χ0v) is 22.3. The molecule has 4 rings (SSSR count). The van der Waals surface area contributed by atoms with Crippen molar-refractivity contribution in [2.45, 2.75) is 46.3 Å². The zero-order chi connectivity index (χ0) is 26.6. The Bertz CT molecular complexity index is 1380. The number of hydrogen-bond acceptors (Lipinski definition) is 4. The Morgan fingerprint density at radius 1 is 0.946 bits per heavy atom. The highest BCUT2D eigenvalue weighted by atomic mass is 32.2. The lowest BCUT2D eigenvalue weighted by molar-refractivity contribution is -0.128. The molecule has 0 aliphatic carbocycles. The summed E-state index contributed by atoms with van der Waals surface area (Å²) in [5.74, 6) is -0.0423. The Balaban J connectivity index is 1.43. The Labute approximate surface area is 219 Å². The van der Waals surface area contributed by atoms with Gasteiger partial charge >= 0.3 is 0 Å². The number of para-hydroxylation sites is 1. The van der Waals surface area contributed by atoms with Gasteiger partial charge in [-0.15, -0.1) is 0 Å². The van der Waals surface area contributed by atoms with Crippen LogP contribution in [0.25, 0.3) is 0 Å². The van der Waals surface area contributed by atoms with Crippen molar-refractivity contribution in [2.24, 2.45) is 0 Å². The molecule has 8 heteroatoms. The second-order valence-corrected chi connectivity index (χ2v) is 11.5. The van der Waals surface area contributed by atoms with Gasteiger partial charge in [-0.1, -0.05) is 54.6 Å². The number of carbonyl (C=O) groups excluding carboxylic acids is 2. The average Bonchev–Trinajstić information content (AvgIpc) is 3.26. The molecule has 1 heterocycles. The van der Waals surface area contributed by atoms with E-state index in [0.717, 1.165) is 40.8 Å². The number of hydrogen-bond donors (Lipinski definition) is 1. The number of aryl methyl sites for hydroxylation is 2. The van der Waals surface area contributed by atoms with Gasteiger partial charge in [0.1, 0.15) is 0 Å². The highest BCUT2D eigenvalue weighted by Gasteiger charge is 2.22. The fourth-order valence-electron chi connectivity index (χ4n) is 4.73. The summed E-state index contributed by atoms with van der Waals surface area (Å²) in [6.45, 7) is 5.65. The molecule has 1 fully saturated rings. The zero-order valence-electron chi connectivity index (χ0n) is 21.5. The molecule has 1 aliphatic heterocycles. The van der Waals surface area contributed by atoms with E-state index >= 15 is 0 Å². The van der Waals surface area contributed by atoms with Crippen molar-refractivity contribution in [3.05, 3.63) is 100 Å². The first-order valence-corrected chi connectivity index (χ1v) is 14.2. The van der Waals surface area contributed by atoms with Crippen LogP contribution in [0.3, 0.4) is 0 Å². The predicted molar refractivity (Wildman–Crippen MR) is 146 cm³/mol. The molecule has 1 saturated heterocycles. The Hall–Kier alpha value is -3.65. The van der Waals surface area contributed by atoms with E-state index in [4.69, 9.17) is 0 Å². The first kappa shape index (κ1) is 26.4. The molecule has 1 aliphatic rings. The third-order valence-corrected chi connectivity index (χ3v) is 7.83. The molecule has 0 radical (unpaired) electrons. The smallest absolute Gasteiger partial charge is 0.251 e. The van der Waals surface area contributed by atoms with Crippen molar-refractivity contribution < 1.29 is 18.0 Å². The maximum Gasteiger partial charge on any atom is 0.251 e. The molecule has 0 aromatic heterocycles. The molecule has 2 amide bonds. The molecule has 194 valence electrons. The van der Waals surface area contributed by atoms with Crippen LogP contribution < -0.4 is 9.62 Å². The van der Waals surface area contributed by atoms with Crippen LogP contribution in [-0.2, 0) is 34.5 Å². The quantitative estimate of drug-likeness (QED) is 0.456. The second-order valence-electron chi connectivity index (χ2n) is 9.58. The number of likely N-dealkylation sites (tertiary alicyclic amines) is 1. The van der Waals surface area contributed by atoms with Crippen molar-refractivity contribution in [2.75, 3.05) is 17.1 Å². The number of benzene rings is 3. The lowest BCUT2D eigenvalue weighted by Crippen LogP contribution is -2.30. The largest absolute Gasteiger partial charge is 0.348 e. The molecule has 37 heavy (non-hydrogen) atoms. The molecule has 3 aromatic carbocycles. The van der Waals surface area contributed by atoms with E-state index in [1.165, 1.54) is 10.6 Å². The first-order valence-electron chi connectivity index (χ1n) is 12.4. The van der Waals surface area contributed by atoms with Crippen LogP contribution >= 0.6 is 0 Å². The third kappa shape index (κ3) is 6.38. The standard InChI is InChI=1S/C29H33N3O4S/c1-21-8-6-9-22(2)28(21)32(37(3,35)36)19-23-13-15-24(16-14-23)29(34)30-18-25-10-4-5-11-26(25)20-31-17-7-12-27(31)33/h4-6,8-11,13-16H,7,12,17-20H2,1-3H3,(H,30,34). The van der Waals surface area contributed by atoms with Gasteiger partial charge in [0.05, 0.1) is 18.5 Å². The predicted octanol–water partition coefficient (Wildman–Crippen LogP) is 4.32. The van der Waals surface area contributed by atoms with Crippen LogP contribution in [0, 0.1) is 13.8 Å². The normalized spacial score (nSPS) is 13.6. The van der Waals surface area contributed by atoms with Gasteiger partial charge in [0.25, 0.3) is 5.91 Å². The van der Waals surface area contributed by atoms with Crippen LogP contribution in [0.15, 0.2) is 66.7 Å². The lowest BCUT2D eigenvalue weighted by atomic mass is 10.1. The van der Waals surface area contributed by atoms with Gasteiger partial charge in [0.2, 0.25) is 15.9 Å². The van der Waals surface area contributed by atoms with Crippen molar-refractivity contribution >= 4 is 27.5 Å². The maximum absolute atomic E-state index is 12.8. The average molecular weight is 520 g/mol. The van der Waals surface area contributed by atoms with Crippen LogP contribution in [0.4, 0.5) is 5.69 Å². The van der Waals surface area contributed by atoms with Crippen molar-refractivity contribution in [3.8, 4) is 0 Å². The van der Waals surface area contributed by atoms with Gasteiger partial charge in [-0.2, -0.15) is 0 Å². The van der Waals surface area contributed by atoms with Gasteiger partial charge < -0.3 is 10.2 Å². The molecule has 0 unspecified atom stereocenters. The van der Waals surface area contributed by atoms with E-state index in [1.807, 2.05) is 61.2 Å². The van der Waals surface area contributed by atoms with Gasteiger partial charge in [-0.25, -0.2) is 8.42 Å². The number of carbonyl (C=O) groups is 2. The van der Waals surface area contributed by atoms with E-state index in [9.17, 15) is 18.0 Å². The lowest BCUT2D eigenvalue weighted by Gasteiger charge is -2.26. The molecule has 0 bridgehead atoms. The topological polar surface area (TPSA) is 86.8 Å². The maximum atomic E-state index is 12.8. The van der Waals surface area contributed by atoms with Crippen molar-refractivity contribution in [1.29, 1.82) is 0 Å². The number of anilines is 1. The molecule has 3 aromatic rings. The second kappa shape index (κ2) is 11.2. The summed E-state index contributed by atoms with van der Waals surface area (Å²) in [6.07, 6.45) is 2.69. The molecule has 1 N–H and O–H groups in total. The molecule has 0 spiro atoms. The monoisotopic (exact) mass is 519 g/mol. The Morgan fingerprint density at radius 3 is 2.19 bits per heavy atom. The highest BCUT2D eigenvalue weighted by molar-refractivity contribution is 7.92. The van der Waals surface area contributed by atoms with Gasteiger partial charge in [-0.05, 0) is 60.2 Å². The fraction of sp³-hybridized carbons (Fsp3) is 0.310. The number of amides is 2. The molecular formula is C29H33N3O4S. The van der Waals surface area contributed by atoms with Gasteiger partial charge in [-0.3, -0.25) is 13.9 Å². The van der Waals surface area contributed by atoms with E-state index < -0.39 is 10.0 Å². The highest BCUT2D eigenvalue weighted by Crippen LogP contribution is 2.28. The number of nitrogens with zero attached hydrogens (tertiary/aromatic N) is 2. The molecule has 0 saturated carbocycles. The molecule has 0 atom stereocenters.